The lowest BCUT2D eigenvalue weighted by atomic mass is 9.66. The van der Waals surface area contributed by atoms with Crippen LogP contribution in [0.1, 0.15) is 50.8 Å². The van der Waals surface area contributed by atoms with Crippen LogP contribution in [0.25, 0.3) is 0 Å². The zero-order chi connectivity index (χ0) is 26.2. The van der Waals surface area contributed by atoms with Gasteiger partial charge in [-0.25, -0.2) is 4.98 Å². The Morgan fingerprint density at radius 3 is 2.28 bits per heavy atom. The van der Waals surface area contributed by atoms with Crippen LogP contribution < -0.4 is 19.5 Å². The second-order valence-electron chi connectivity index (χ2n) is 10.1. The average Bonchev–Trinajstić information content (AvgIpc) is 2.81. The van der Waals surface area contributed by atoms with Gasteiger partial charge in [-0.3, -0.25) is 14.6 Å². The van der Waals surface area contributed by atoms with Crippen LogP contribution in [-0.4, -0.2) is 43.7 Å². The highest BCUT2D eigenvalue weighted by Crippen LogP contribution is 2.50. The number of rotatable bonds is 6. The number of aromatic nitrogens is 1. The van der Waals surface area contributed by atoms with Gasteiger partial charge in [0.15, 0.2) is 17.3 Å². The van der Waals surface area contributed by atoms with E-state index in [0.717, 1.165) is 17.0 Å². The van der Waals surface area contributed by atoms with E-state index in [4.69, 9.17) is 19.2 Å². The molecule has 36 heavy (non-hydrogen) atoms. The van der Waals surface area contributed by atoms with E-state index in [2.05, 4.69) is 24.1 Å². The fourth-order valence-electron chi connectivity index (χ4n) is 5.24. The molecule has 2 atom stereocenters. The summed E-state index contributed by atoms with van der Waals surface area (Å²) >= 11 is 0. The molecule has 1 N–H and O–H groups in total. The van der Waals surface area contributed by atoms with Gasteiger partial charge in [0.2, 0.25) is 11.7 Å². The number of methoxy groups -OCH3 is 3. The summed E-state index contributed by atoms with van der Waals surface area (Å²) in [4.78, 5) is 36.6. The maximum atomic E-state index is 13.8. The molecule has 0 saturated carbocycles. The van der Waals surface area contributed by atoms with Crippen LogP contribution >= 0.6 is 0 Å². The van der Waals surface area contributed by atoms with Crippen LogP contribution in [0.5, 0.6) is 17.2 Å². The fourth-order valence-corrected chi connectivity index (χ4v) is 5.24. The van der Waals surface area contributed by atoms with Crippen molar-refractivity contribution in [3.63, 3.8) is 0 Å². The summed E-state index contributed by atoms with van der Waals surface area (Å²) in [5.74, 6) is 0.237. The molecule has 2 aromatic rings. The number of amides is 1. The molecule has 0 bridgehead atoms. The fraction of sp³-hybridized carbons (Fsp3) is 0.429. The number of aliphatic imine (C=N–C) groups is 1. The Morgan fingerprint density at radius 2 is 1.69 bits per heavy atom. The smallest absolute Gasteiger partial charge is 0.235 e. The molecule has 1 aromatic heterocycles. The monoisotopic (exact) mass is 491 g/mol. The van der Waals surface area contributed by atoms with Gasteiger partial charge in [-0.05, 0) is 55.5 Å². The number of nitrogens with zero attached hydrogens (tertiary/aromatic N) is 2. The highest BCUT2D eigenvalue weighted by molar-refractivity contribution is 6.13. The van der Waals surface area contributed by atoms with Crippen LogP contribution in [0.15, 0.2) is 46.6 Å². The van der Waals surface area contributed by atoms with Gasteiger partial charge < -0.3 is 19.5 Å². The van der Waals surface area contributed by atoms with E-state index in [1.54, 1.807) is 20.3 Å². The number of ether oxygens (including phenoxy) is 3. The molecule has 1 aliphatic carbocycles. The standard InChI is InChI=1S/C28H33N3O5/c1-15-9-8-10-22(29-15)31-27(33)23-16(2)30-18-13-28(3,4)14-19(32)25(18)24(23)17-11-20(34-5)26(36-7)21(12-17)35-6/h8-12,23-24H,13-14H2,1-7H3,(H,29,31,33)/t23?,24-/m1/s1. The van der Waals surface area contributed by atoms with E-state index in [1.165, 1.54) is 7.11 Å². The number of Topliss-reactive ketones (excluding diaryl/α,β-unsaturated/α-hetero) is 1. The first-order valence-electron chi connectivity index (χ1n) is 11.9. The first-order chi connectivity index (χ1) is 17.1. The molecule has 0 radical (unpaired) electrons. The summed E-state index contributed by atoms with van der Waals surface area (Å²) in [6.07, 6.45) is 1.04. The lowest BCUT2D eigenvalue weighted by Gasteiger charge is -2.39. The van der Waals surface area contributed by atoms with Crippen molar-refractivity contribution in [2.45, 2.75) is 46.5 Å². The molecule has 2 heterocycles. The average molecular weight is 492 g/mol. The number of benzene rings is 1. The van der Waals surface area contributed by atoms with E-state index in [0.29, 0.717) is 47.2 Å². The number of carbonyl (C=O) groups is 2. The van der Waals surface area contributed by atoms with Crippen molar-refractivity contribution in [1.29, 1.82) is 0 Å². The largest absolute Gasteiger partial charge is 0.493 e. The van der Waals surface area contributed by atoms with Crippen molar-refractivity contribution in [3.8, 4) is 17.2 Å². The predicted molar refractivity (Wildman–Crippen MR) is 138 cm³/mol. The predicted octanol–water partition coefficient (Wildman–Crippen LogP) is 4.87. The molecular weight excluding hydrogens is 458 g/mol. The van der Waals surface area contributed by atoms with E-state index in [-0.39, 0.29) is 17.1 Å². The van der Waals surface area contributed by atoms with E-state index in [1.807, 2.05) is 38.1 Å². The third kappa shape index (κ3) is 4.72. The zero-order valence-corrected chi connectivity index (χ0v) is 21.9. The number of aryl methyl sites for hydroxylation is 1. The molecule has 1 amide bonds. The van der Waals surface area contributed by atoms with Crippen molar-refractivity contribution >= 4 is 23.2 Å². The highest BCUT2D eigenvalue weighted by atomic mass is 16.5. The summed E-state index contributed by atoms with van der Waals surface area (Å²) in [5.41, 5.74) is 3.26. The van der Waals surface area contributed by atoms with Gasteiger partial charge in [0, 0.05) is 35.0 Å². The highest BCUT2D eigenvalue weighted by Gasteiger charge is 2.46. The van der Waals surface area contributed by atoms with Crippen molar-refractivity contribution in [2.24, 2.45) is 16.3 Å². The quantitative estimate of drug-likeness (QED) is 0.619. The number of anilines is 1. The summed E-state index contributed by atoms with van der Waals surface area (Å²) in [5, 5.41) is 2.94. The minimum absolute atomic E-state index is 0.00253. The van der Waals surface area contributed by atoms with Gasteiger partial charge in [-0.2, -0.15) is 0 Å². The van der Waals surface area contributed by atoms with Crippen molar-refractivity contribution in [1.82, 2.24) is 4.98 Å². The first kappa shape index (κ1) is 25.4. The number of hydrogen-bond acceptors (Lipinski definition) is 7. The lowest BCUT2D eigenvalue weighted by molar-refractivity contribution is -0.119. The zero-order valence-electron chi connectivity index (χ0n) is 21.9. The number of carbonyl (C=O) groups excluding carboxylic acids is 2. The Balaban J connectivity index is 1.89. The molecular formula is C28H33N3O5. The second-order valence-corrected chi connectivity index (χ2v) is 10.1. The van der Waals surface area contributed by atoms with E-state index in [9.17, 15) is 9.59 Å². The van der Waals surface area contributed by atoms with Crippen molar-refractivity contribution < 1.29 is 23.8 Å². The molecule has 8 nitrogen and oxygen atoms in total. The van der Waals surface area contributed by atoms with Crippen LogP contribution in [0.3, 0.4) is 0 Å². The van der Waals surface area contributed by atoms with Gasteiger partial charge >= 0.3 is 0 Å². The molecule has 8 heteroatoms. The minimum atomic E-state index is -0.723. The minimum Gasteiger partial charge on any atom is -0.493 e. The normalized spacial score (nSPS) is 20.9. The van der Waals surface area contributed by atoms with Gasteiger partial charge in [0.25, 0.3) is 0 Å². The maximum Gasteiger partial charge on any atom is 0.235 e. The van der Waals surface area contributed by atoms with Crippen LogP contribution in [0, 0.1) is 18.3 Å². The third-order valence-electron chi connectivity index (χ3n) is 6.77. The number of allylic oxidation sites excluding steroid dienone is 2. The van der Waals surface area contributed by atoms with Crippen molar-refractivity contribution in [3.05, 3.63) is 52.9 Å². The molecule has 0 fully saturated rings. The molecule has 0 saturated heterocycles. The Kier molecular flexibility index (Phi) is 6.89. The van der Waals surface area contributed by atoms with Crippen LogP contribution in [-0.2, 0) is 9.59 Å². The molecule has 1 aliphatic heterocycles. The molecule has 2 aliphatic rings. The number of pyridine rings is 1. The SMILES string of the molecule is COc1cc([C@H]2C3=C(CC(C)(C)CC3=O)N=C(C)C2C(=O)Nc2cccc(C)n2)cc(OC)c1OC. The molecule has 4 rings (SSSR count). The number of hydrogen-bond donors (Lipinski definition) is 1. The summed E-state index contributed by atoms with van der Waals surface area (Å²) in [7, 11) is 4.62. The second kappa shape index (κ2) is 9.76. The Hall–Kier alpha value is -3.68. The third-order valence-corrected chi connectivity index (χ3v) is 6.77. The van der Waals surface area contributed by atoms with Crippen molar-refractivity contribution in [2.75, 3.05) is 26.6 Å². The van der Waals surface area contributed by atoms with Crippen LogP contribution in [0.2, 0.25) is 0 Å². The van der Waals surface area contributed by atoms with Gasteiger partial charge in [0.1, 0.15) is 5.82 Å². The first-order valence-corrected chi connectivity index (χ1v) is 11.9. The van der Waals surface area contributed by atoms with Gasteiger partial charge in [-0.1, -0.05) is 19.9 Å². The molecule has 0 spiro atoms. The summed E-state index contributed by atoms with van der Waals surface area (Å²) in [6.45, 7) is 7.84. The Bertz CT molecular complexity index is 1250. The summed E-state index contributed by atoms with van der Waals surface area (Å²) < 4.78 is 16.7. The number of nitrogens with one attached hydrogen (secondary N) is 1. The Morgan fingerprint density at radius 1 is 1.03 bits per heavy atom. The van der Waals surface area contributed by atoms with Gasteiger partial charge in [0.05, 0.1) is 27.2 Å². The van der Waals surface area contributed by atoms with E-state index >= 15 is 0 Å². The maximum absolute atomic E-state index is 13.8. The van der Waals surface area contributed by atoms with Crippen LogP contribution in [0.4, 0.5) is 5.82 Å². The topological polar surface area (TPSA) is 99.1 Å². The lowest BCUT2D eigenvalue weighted by Crippen LogP contribution is -2.41. The Labute approximate surface area is 211 Å². The molecule has 190 valence electrons. The number of ketones is 1. The van der Waals surface area contributed by atoms with E-state index < -0.39 is 11.8 Å². The molecule has 1 unspecified atom stereocenters. The summed E-state index contributed by atoms with van der Waals surface area (Å²) in [6, 6.07) is 9.07. The van der Waals surface area contributed by atoms with Gasteiger partial charge in [-0.15, -0.1) is 0 Å². The molecule has 1 aromatic carbocycles.